The molecule has 0 unspecified atom stereocenters. The van der Waals surface area contributed by atoms with Crippen LogP contribution in [-0.4, -0.2) is 10.9 Å². The lowest BCUT2D eigenvalue weighted by atomic mass is 10.1. The number of nitrogens with one attached hydrogen (secondary N) is 1. The van der Waals surface area contributed by atoms with Crippen LogP contribution in [0.2, 0.25) is 0 Å². The standard InChI is InChI=1S/C21H22N2O3/c1-4-17-8-9-18(25-17)21(24)23-13-16-7-10-20(22-12-16)26-19-11-14(2)5-6-15(19)3/h5-12H,4,13H2,1-3H3,(H,23,24). The molecule has 0 spiro atoms. The van der Waals surface area contributed by atoms with Gasteiger partial charge in [-0.2, -0.15) is 0 Å². The predicted molar refractivity (Wildman–Crippen MR) is 99.5 cm³/mol. The Morgan fingerprint density at radius 1 is 1.15 bits per heavy atom. The van der Waals surface area contributed by atoms with Crippen molar-refractivity contribution in [2.45, 2.75) is 33.7 Å². The second-order valence-corrected chi connectivity index (χ2v) is 6.18. The van der Waals surface area contributed by atoms with Crippen molar-refractivity contribution in [1.29, 1.82) is 0 Å². The summed E-state index contributed by atoms with van der Waals surface area (Å²) in [5, 5.41) is 2.82. The molecule has 0 aliphatic carbocycles. The largest absolute Gasteiger partial charge is 0.456 e. The topological polar surface area (TPSA) is 64.4 Å². The van der Waals surface area contributed by atoms with E-state index >= 15 is 0 Å². The maximum Gasteiger partial charge on any atom is 0.287 e. The van der Waals surface area contributed by atoms with Crippen LogP contribution in [0.5, 0.6) is 11.6 Å². The molecule has 0 aliphatic rings. The van der Waals surface area contributed by atoms with E-state index in [0.29, 0.717) is 18.2 Å². The van der Waals surface area contributed by atoms with Crippen molar-refractivity contribution < 1.29 is 13.9 Å². The highest BCUT2D eigenvalue weighted by molar-refractivity contribution is 5.91. The van der Waals surface area contributed by atoms with Gasteiger partial charge >= 0.3 is 0 Å². The molecule has 0 fully saturated rings. The minimum Gasteiger partial charge on any atom is -0.456 e. The lowest BCUT2D eigenvalue weighted by Crippen LogP contribution is -2.22. The lowest BCUT2D eigenvalue weighted by molar-refractivity contribution is 0.0921. The number of furan rings is 1. The van der Waals surface area contributed by atoms with Gasteiger partial charge in [0.15, 0.2) is 5.76 Å². The smallest absolute Gasteiger partial charge is 0.287 e. The average molecular weight is 350 g/mol. The number of carbonyl (C=O) groups is 1. The third kappa shape index (κ3) is 4.30. The number of rotatable bonds is 6. The van der Waals surface area contributed by atoms with E-state index in [9.17, 15) is 4.79 Å². The van der Waals surface area contributed by atoms with Crippen molar-refractivity contribution in [2.75, 3.05) is 0 Å². The van der Waals surface area contributed by atoms with Crippen molar-refractivity contribution in [3.8, 4) is 11.6 Å². The molecular weight excluding hydrogens is 328 g/mol. The molecule has 0 saturated carbocycles. The second kappa shape index (κ2) is 7.87. The van der Waals surface area contributed by atoms with Gasteiger partial charge in [0.25, 0.3) is 5.91 Å². The van der Waals surface area contributed by atoms with Gasteiger partial charge in [-0.3, -0.25) is 4.79 Å². The Kier molecular flexibility index (Phi) is 5.37. The predicted octanol–water partition coefficient (Wildman–Crippen LogP) is 4.58. The molecule has 0 radical (unpaired) electrons. The summed E-state index contributed by atoms with van der Waals surface area (Å²) in [5.41, 5.74) is 3.07. The summed E-state index contributed by atoms with van der Waals surface area (Å²) in [4.78, 5) is 16.4. The zero-order valence-corrected chi connectivity index (χ0v) is 15.2. The first-order valence-corrected chi connectivity index (χ1v) is 8.62. The van der Waals surface area contributed by atoms with Crippen molar-refractivity contribution >= 4 is 5.91 Å². The fourth-order valence-corrected chi connectivity index (χ4v) is 2.47. The van der Waals surface area contributed by atoms with Gasteiger partial charge in [-0.1, -0.05) is 25.1 Å². The number of benzene rings is 1. The Morgan fingerprint density at radius 3 is 2.69 bits per heavy atom. The molecule has 2 aromatic heterocycles. The van der Waals surface area contributed by atoms with Crippen LogP contribution in [0.3, 0.4) is 0 Å². The Balaban J connectivity index is 1.59. The third-order valence-electron chi connectivity index (χ3n) is 4.04. The van der Waals surface area contributed by atoms with Gasteiger partial charge in [0.1, 0.15) is 11.5 Å². The number of pyridine rings is 1. The quantitative estimate of drug-likeness (QED) is 0.707. The molecular formula is C21H22N2O3. The zero-order chi connectivity index (χ0) is 18.5. The van der Waals surface area contributed by atoms with Gasteiger partial charge in [-0.05, 0) is 48.7 Å². The summed E-state index contributed by atoms with van der Waals surface area (Å²) in [6, 6.07) is 13.2. The van der Waals surface area contributed by atoms with E-state index in [4.69, 9.17) is 9.15 Å². The van der Waals surface area contributed by atoms with E-state index in [1.165, 1.54) is 0 Å². The normalized spacial score (nSPS) is 10.6. The van der Waals surface area contributed by atoms with Crippen LogP contribution < -0.4 is 10.1 Å². The maximum absolute atomic E-state index is 12.1. The first-order valence-electron chi connectivity index (χ1n) is 8.62. The maximum atomic E-state index is 12.1. The van der Waals surface area contributed by atoms with Crippen molar-refractivity contribution in [2.24, 2.45) is 0 Å². The Hall–Kier alpha value is -3.08. The highest BCUT2D eigenvalue weighted by Gasteiger charge is 2.10. The minimum absolute atomic E-state index is 0.236. The van der Waals surface area contributed by atoms with Gasteiger partial charge in [-0.15, -0.1) is 0 Å². The van der Waals surface area contributed by atoms with E-state index < -0.39 is 0 Å². The highest BCUT2D eigenvalue weighted by Crippen LogP contribution is 2.24. The number of hydrogen-bond donors (Lipinski definition) is 1. The number of aryl methyl sites for hydroxylation is 3. The molecule has 0 atom stereocenters. The zero-order valence-electron chi connectivity index (χ0n) is 15.2. The Morgan fingerprint density at radius 2 is 2.00 bits per heavy atom. The van der Waals surface area contributed by atoms with E-state index in [1.54, 1.807) is 18.3 Å². The Bertz CT molecular complexity index is 898. The molecule has 1 amide bonds. The van der Waals surface area contributed by atoms with Gasteiger partial charge in [0, 0.05) is 25.2 Å². The third-order valence-corrected chi connectivity index (χ3v) is 4.04. The van der Waals surface area contributed by atoms with E-state index in [2.05, 4.69) is 10.3 Å². The van der Waals surface area contributed by atoms with E-state index in [1.807, 2.05) is 51.1 Å². The van der Waals surface area contributed by atoms with Crippen molar-refractivity contribution in [3.63, 3.8) is 0 Å². The fraction of sp³-hybridized carbons (Fsp3) is 0.238. The number of ether oxygens (including phenoxy) is 1. The molecule has 0 saturated heterocycles. The molecule has 134 valence electrons. The molecule has 3 aromatic rings. The molecule has 1 aromatic carbocycles. The first kappa shape index (κ1) is 17.7. The fourth-order valence-electron chi connectivity index (χ4n) is 2.47. The van der Waals surface area contributed by atoms with Crippen LogP contribution in [0, 0.1) is 13.8 Å². The van der Waals surface area contributed by atoms with E-state index in [-0.39, 0.29) is 5.91 Å². The van der Waals surface area contributed by atoms with Crippen LogP contribution in [0.4, 0.5) is 0 Å². The van der Waals surface area contributed by atoms with Crippen LogP contribution >= 0.6 is 0 Å². The van der Waals surface area contributed by atoms with Crippen LogP contribution in [0.1, 0.15) is 39.9 Å². The summed E-state index contributed by atoms with van der Waals surface area (Å²) < 4.78 is 11.3. The summed E-state index contributed by atoms with van der Waals surface area (Å²) >= 11 is 0. The first-order chi connectivity index (χ1) is 12.5. The van der Waals surface area contributed by atoms with Gasteiger partial charge in [0.2, 0.25) is 5.88 Å². The Labute approximate surface area is 153 Å². The van der Waals surface area contributed by atoms with Crippen molar-refractivity contribution in [3.05, 3.63) is 76.9 Å². The van der Waals surface area contributed by atoms with Crippen LogP contribution in [-0.2, 0) is 13.0 Å². The summed E-state index contributed by atoms with van der Waals surface area (Å²) in [7, 11) is 0. The lowest BCUT2D eigenvalue weighted by Gasteiger charge is -2.09. The number of carbonyl (C=O) groups excluding carboxylic acids is 1. The monoisotopic (exact) mass is 350 g/mol. The average Bonchev–Trinajstić information content (AvgIpc) is 3.13. The molecule has 3 rings (SSSR count). The molecule has 26 heavy (non-hydrogen) atoms. The summed E-state index contributed by atoms with van der Waals surface area (Å²) in [6.45, 7) is 6.37. The van der Waals surface area contributed by atoms with Crippen LogP contribution in [0.25, 0.3) is 0 Å². The molecule has 1 N–H and O–H groups in total. The number of hydrogen-bond acceptors (Lipinski definition) is 4. The molecule has 0 bridgehead atoms. The SMILES string of the molecule is CCc1ccc(C(=O)NCc2ccc(Oc3cc(C)ccc3C)nc2)o1. The van der Waals surface area contributed by atoms with E-state index in [0.717, 1.165) is 34.6 Å². The highest BCUT2D eigenvalue weighted by atomic mass is 16.5. The number of aromatic nitrogens is 1. The number of nitrogens with zero attached hydrogens (tertiary/aromatic N) is 1. The van der Waals surface area contributed by atoms with Gasteiger partial charge in [0.05, 0.1) is 0 Å². The van der Waals surface area contributed by atoms with Crippen molar-refractivity contribution in [1.82, 2.24) is 10.3 Å². The molecule has 5 nitrogen and oxygen atoms in total. The van der Waals surface area contributed by atoms with Gasteiger partial charge < -0.3 is 14.5 Å². The minimum atomic E-state index is -0.236. The number of amides is 1. The van der Waals surface area contributed by atoms with Crippen LogP contribution in [0.15, 0.2) is 53.1 Å². The molecule has 2 heterocycles. The summed E-state index contributed by atoms with van der Waals surface area (Å²) in [6.07, 6.45) is 2.46. The van der Waals surface area contributed by atoms with Gasteiger partial charge in [-0.25, -0.2) is 4.98 Å². The molecule has 0 aliphatic heterocycles. The summed E-state index contributed by atoms with van der Waals surface area (Å²) in [5.74, 6) is 2.20. The second-order valence-electron chi connectivity index (χ2n) is 6.18. The molecule has 5 heteroatoms.